The summed E-state index contributed by atoms with van der Waals surface area (Å²) >= 11 is 0. The molecule has 0 saturated carbocycles. The number of amides is 1. The van der Waals surface area contributed by atoms with Crippen LogP contribution < -0.4 is 14.4 Å². The minimum atomic E-state index is -0.0190. The van der Waals surface area contributed by atoms with E-state index in [-0.39, 0.29) is 12.7 Å². The van der Waals surface area contributed by atoms with Crippen molar-refractivity contribution in [3.8, 4) is 11.5 Å². The van der Waals surface area contributed by atoms with E-state index in [0.717, 1.165) is 13.1 Å². The number of hydrogen-bond donors (Lipinski definition) is 0. The highest BCUT2D eigenvalue weighted by Gasteiger charge is 2.20. The molecule has 0 bridgehead atoms. The maximum Gasteiger partial charge on any atom is 0.254 e. The van der Waals surface area contributed by atoms with Gasteiger partial charge in [0.2, 0.25) is 6.79 Å². The summed E-state index contributed by atoms with van der Waals surface area (Å²) in [5, 5.41) is 0. The molecule has 0 radical (unpaired) electrons. The van der Waals surface area contributed by atoms with Gasteiger partial charge in [-0.1, -0.05) is 18.2 Å². The molecule has 0 unspecified atom stereocenters. The van der Waals surface area contributed by atoms with Gasteiger partial charge in [0, 0.05) is 37.9 Å². The Bertz CT molecular complexity index is 784. The second-order valence-electron chi connectivity index (χ2n) is 6.55. The summed E-state index contributed by atoms with van der Waals surface area (Å²) in [6, 6.07) is 13.7. The van der Waals surface area contributed by atoms with Crippen molar-refractivity contribution in [1.29, 1.82) is 0 Å². The zero-order chi connectivity index (χ0) is 17.2. The highest BCUT2D eigenvalue weighted by Crippen LogP contribution is 2.33. The molecule has 0 atom stereocenters. The van der Waals surface area contributed by atoms with Gasteiger partial charge in [-0.15, -0.1) is 0 Å². The van der Waals surface area contributed by atoms with E-state index in [2.05, 4.69) is 23.1 Å². The van der Waals surface area contributed by atoms with Crippen LogP contribution in [0.25, 0.3) is 0 Å². The van der Waals surface area contributed by atoms with E-state index in [0.29, 0.717) is 23.6 Å². The number of fused-ring (bicyclic) bond motifs is 1. The topological polar surface area (TPSA) is 42.0 Å². The summed E-state index contributed by atoms with van der Waals surface area (Å²) in [6.45, 7) is 2.99. The third kappa shape index (κ3) is 3.14. The fraction of sp³-hybridized carbons (Fsp3) is 0.350. The Morgan fingerprint density at radius 1 is 1.08 bits per heavy atom. The number of benzene rings is 2. The fourth-order valence-electron chi connectivity index (χ4n) is 3.49. The number of carbonyl (C=O) groups is 1. The summed E-state index contributed by atoms with van der Waals surface area (Å²) in [7, 11) is 1.84. The molecule has 2 heterocycles. The normalized spacial score (nSPS) is 15.5. The Balaban J connectivity index is 1.52. The second kappa shape index (κ2) is 6.67. The van der Waals surface area contributed by atoms with Crippen LogP contribution in [-0.4, -0.2) is 37.7 Å². The quantitative estimate of drug-likeness (QED) is 0.858. The van der Waals surface area contributed by atoms with Gasteiger partial charge in [0.05, 0.1) is 0 Å². The van der Waals surface area contributed by atoms with Crippen molar-refractivity contribution in [1.82, 2.24) is 4.90 Å². The van der Waals surface area contributed by atoms with E-state index in [4.69, 9.17) is 9.47 Å². The van der Waals surface area contributed by atoms with E-state index in [1.54, 1.807) is 23.1 Å². The summed E-state index contributed by atoms with van der Waals surface area (Å²) < 4.78 is 10.7. The largest absolute Gasteiger partial charge is 0.454 e. The molecular weight excluding hydrogens is 316 g/mol. The smallest absolute Gasteiger partial charge is 0.254 e. The lowest BCUT2D eigenvalue weighted by Gasteiger charge is -2.24. The lowest BCUT2D eigenvalue weighted by molar-refractivity contribution is 0.0785. The zero-order valence-corrected chi connectivity index (χ0v) is 14.4. The number of para-hydroxylation sites is 1. The molecule has 130 valence electrons. The molecule has 0 N–H and O–H groups in total. The van der Waals surface area contributed by atoms with Crippen molar-refractivity contribution >= 4 is 11.6 Å². The van der Waals surface area contributed by atoms with Crippen LogP contribution in [0.3, 0.4) is 0 Å². The van der Waals surface area contributed by atoms with E-state index in [1.807, 2.05) is 13.1 Å². The molecule has 5 heteroatoms. The molecule has 1 saturated heterocycles. The molecule has 4 rings (SSSR count). The molecule has 2 aliphatic rings. The predicted molar refractivity (Wildman–Crippen MR) is 96.3 cm³/mol. The van der Waals surface area contributed by atoms with Crippen LogP contribution in [0.4, 0.5) is 5.69 Å². The van der Waals surface area contributed by atoms with Gasteiger partial charge in [-0.2, -0.15) is 0 Å². The summed E-state index contributed by atoms with van der Waals surface area (Å²) in [4.78, 5) is 17.0. The Labute approximate surface area is 147 Å². The maximum absolute atomic E-state index is 12.8. The number of carbonyl (C=O) groups excluding carboxylic acids is 1. The Kier molecular flexibility index (Phi) is 4.22. The van der Waals surface area contributed by atoms with Crippen LogP contribution in [0, 0.1) is 0 Å². The van der Waals surface area contributed by atoms with Gasteiger partial charge in [0.15, 0.2) is 11.5 Å². The summed E-state index contributed by atoms with van der Waals surface area (Å²) in [5.74, 6) is 1.31. The first-order valence-corrected chi connectivity index (χ1v) is 8.70. The van der Waals surface area contributed by atoms with Crippen LogP contribution >= 0.6 is 0 Å². The average molecular weight is 338 g/mol. The van der Waals surface area contributed by atoms with Crippen LogP contribution in [0.2, 0.25) is 0 Å². The molecule has 2 aromatic rings. The molecule has 2 aromatic carbocycles. The van der Waals surface area contributed by atoms with Crippen LogP contribution in [-0.2, 0) is 6.54 Å². The van der Waals surface area contributed by atoms with E-state index in [1.165, 1.54) is 24.1 Å². The average Bonchev–Trinajstić information content (AvgIpc) is 3.32. The second-order valence-corrected chi connectivity index (χ2v) is 6.55. The van der Waals surface area contributed by atoms with Gasteiger partial charge in [0.1, 0.15) is 0 Å². The number of ether oxygens (including phenoxy) is 2. The van der Waals surface area contributed by atoms with Gasteiger partial charge in [0.25, 0.3) is 5.91 Å². The van der Waals surface area contributed by atoms with Gasteiger partial charge in [-0.25, -0.2) is 0 Å². The fourth-order valence-corrected chi connectivity index (χ4v) is 3.49. The van der Waals surface area contributed by atoms with Crippen molar-refractivity contribution in [3.63, 3.8) is 0 Å². The molecule has 1 amide bonds. The van der Waals surface area contributed by atoms with E-state index < -0.39 is 0 Å². The number of nitrogens with zero attached hydrogens (tertiary/aromatic N) is 2. The molecule has 25 heavy (non-hydrogen) atoms. The van der Waals surface area contributed by atoms with Gasteiger partial charge < -0.3 is 19.3 Å². The molecule has 0 aliphatic carbocycles. The van der Waals surface area contributed by atoms with Crippen molar-refractivity contribution in [3.05, 3.63) is 53.6 Å². The Morgan fingerprint density at radius 3 is 2.68 bits per heavy atom. The highest BCUT2D eigenvalue weighted by molar-refractivity contribution is 5.94. The van der Waals surface area contributed by atoms with Crippen molar-refractivity contribution in [2.75, 3.05) is 31.8 Å². The first-order valence-electron chi connectivity index (χ1n) is 8.70. The molecule has 0 aromatic heterocycles. The first kappa shape index (κ1) is 15.8. The Hall–Kier alpha value is -2.69. The molecule has 2 aliphatic heterocycles. The van der Waals surface area contributed by atoms with Gasteiger partial charge in [-0.3, -0.25) is 4.79 Å². The molecule has 5 nitrogen and oxygen atoms in total. The van der Waals surface area contributed by atoms with Crippen LogP contribution in [0.1, 0.15) is 28.8 Å². The van der Waals surface area contributed by atoms with Crippen LogP contribution in [0.15, 0.2) is 42.5 Å². The minimum absolute atomic E-state index is 0.0190. The SMILES string of the molecule is CN(Cc1ccccc1N1CCCC1)C(=O)c1ccc2c(c1)OCO2. The van der Waals surface area contributed by atoms with Gasteiger partial charge >= 0.3 is 0 Å². The number of hydrogen-bond acceptors (Lipinski definition) is 4. The summed E-state index contributed by atoms with van der Waals surface area (Å²) in [6.07, 6.45) is 2.47. The molecular formula is C20H22N2O3. The third-order valence-corrected chi connectivity index (χ3v) is 4.81. The van der Waals surface area contributed by atoms with E-state index >= 15 is 0 Å². The monoisotopic (exact) mass is 338 g/mol. The minimum Gasteiger partial charge on any atom is -0.454 e. The summed E-state index contributed by atoms with van der Waals surface area (Å²) in [5.41, 5.74) is 3.04. The lowest BCUT2D eigenvalue weighted by atomic mass is 10.1. The molecule has 1 fully saturated rings. The molecule has 0 spiro atoms. The van der Waals surface area contributed by atoms with Crippen molar-refractivity contribution in [2.45, 2.75) is 19.4 Å². The van der Waals surface area contributed by atoms with Crippen molar-refractivity contribution < 1.29 is 14.3 Å². The standard InChI is InChI=1S/C20H22N2O3/c1-21(20(23)15-8-9-18-19(12-15)25-14-24-18)13-16-6-2-3-7-17(16)22-10-4-5-11-22/h2-3,6-9,12H,4-5,10-11,13-14H2,1H3. The van der Waals surface area contributed by atoms with Crippen molar-refractivity contribution in [2.24, 2.45) is 0 Å². The number of rotatable bonds is 4. The predicted octanol–water partition coefficient (Wildman–Crippen LogP) is 3.29. The van der Waals surface area contributed by atoms with E-state index in [9.17, 15) is 4.79 Å². The first-order chi connectivity index (χ1) is 12.2. The third-order valence-electron chi connectivity index (χ3n) is 4.81. The zero-order valence-electron chi connectivity index (χ0n) is 14.4. The highest BCUT2D eigenvalue weighted by atomic mass is 16.7. The lowest BCUT2D eigenvalue weighted by Crippen LogP contribution is -2.28. The van der Waals surface area contributed by atoms with Crippen LogP contribution in [0.5, 0.6) is 11.5 Å². The Morgan fingerprint density at radius 2 is 1.84 bits per heavy atom. The number of anilines is 1. The van der Waals surface area contributed by atoms with Gasteiger partial charge in [-0.05, 0) is 42.7 Å². The maximum atomic E-state index is 12.8.